The first-order valence-corrected chi connectivity index (χ1v) is 7.37. The zero-order chi connectivity index (χ0) is 14.5. The molecule has 5 nitrogen and oxygen atoms in total. The van der Waals surface area contributed by atoms with Gasteiger partial charge in [0.15, 0.2) is 0 Å². The zero-order valence-electron chi connectivity index (χ0n) is 12.9. The molecule has 0 aromatic carbocycles. The molecule has 1 atom stereocenters. The molecule has 0 aliphatic heterocycles. The minimum Gasteiger partial charge on any atom is -0.340 e. The number of rotatable bonds is 7. The van der Waals surface area contributed by atoms with Crippen LogP contribution in [0.5, 0.6) is 0 Å². The molecule has 0 spiro atoms. The van der Waals surface area contributed by atoms with Crippen molar-refractivity contribution in [3.8, 4) is 0 Å². The van der Waals surface area contributed by atoms with Gasteiger partial charge in [0.05, 0.1) is 29.8 Å². The van der Waals surface area contributed by atoms with E-state index in [2.05, 4.69) is 47.3 Å². The van der Waals surface area contributed by atoms with Gasteiger partial charge in [0.25, 0.3) is 0 Å². The predicted molar refractivity (Wildman–Crippen MR) is 80.6 cm³/mol. The van der Waals surface area contributed by atoms with E-state index in [4.69, 9.17) is 5.10 Å². The highest BCUT2D eigenvalue weighted by atomic mass is 15.3. The summed E-state index contributed by atoms with van der Waals surface area (Å²) in [6.07, 6.45) is 9.08. The second-order valence-corrected chi connectivity index (χ2v) is 5.27. The van der Waals surface area contributed by atoms with E-state index < -0.39 is 0 Å². The van der Waals surface area contributed by atoms with Gasteiger partial charge in [-0.25, -0.2) is 4.98 Å². The Hall–Kier alpha value is -1.62. The molecule has 2 heterocycles. The van der Waals surface area contributed by atoms with Crippen LogP contribution in [0.3, 0.4) is 0 Å². The lowest BCUT2D eigenvalue weighted by Gasteiger charge is -2.14. The van der Waals surface area contributed by atoms with Gasteiger partial charge in [-0.3, -0.25) is 4.68 Å². The van der Waals surface area contributed by atoms with Gasteiger partial charge in [0.2, 0.25) is 0 Å². The lowest BCUT2D eigenvalue weighted by atomic mass is 10.1. The average Bonchev–Trinajstić information content (AvgIpc) is 3.07. The summed E-state index contributed by atoms with van der Waals surface area (Å²) in [4.78, 5) is 4.42. The van der Waals surface area contributed by atoms with Gasteiger partial charge >= 0.3 is 0 Å². The van der Waals surface area contributed by atoms with Crippen molar-refractivity contribution in [1.82, 2.24) is 24.6 Å². The molecule has 0 saturated heterocycles. The number of aryl methyl sites for hydroxylation is 1. The lowest BCUT2D eigenvalue weighted by molar-refractivity contribution is 0.423. The van der Waals surface area contributed by atoms with Crippen LogP contribution < -0.4 is 5.32 Å². The largest absolute Gasteiger partial charge is 0.340 e. The van der Waals surface area contributed by atoms with Crippen molar-refractivity contribution < 1.29 is 0 Å². The molecule has 1 unspecified atom stereocenters. The normalized spacial score (nSPS) is 13.1. The topological polar surface area (TPSA) is 47.7 Å². The van der Waals surface area contributed by atoms with Crippen LogP contribution in [0.2, 0.25) is 0 Å². The fraction of sp³-hybridized carbons (Fsp3) is 0.600. The Kier molecular flexibility index (Phi) is 4.95. The third kappa shape index (κ3) is 3.28. The van der Waals surface area contributed by atoms with E-state index in [9.17, 15) is 0 Å². The van der Waals surface area contributed by atoms with Crippen LogP contribution in [0.4, 0.5) is 0 Å². The van der Waals surface area contributed by atoms with Gasteiger partial charge < -0.3 is 9.88 Å². The van der Waals surface area contributed by atoms with Gasteiger partial charge in [0.1, 0.15) is 0 Å². The maximum Gasteiger partial charge on any atom is 0.0947 e. The summed E-state index contributed by atoms with van der Waals surface area (Å²) in [5.74, 6) is 0. The van der Waals surface area contributed by atoms with Gasteiger partial charge in [0, 0.05) is 25.9 Å². The van der Waals surface area contributed by atoms with Crippen LogP contribution in [-0.4, -0.2) is 26.4 Å². The molecule has 5 heteroatoms. The fourth-order valence-electron chi connectivity index (χ4n) is 2.53. The van der Waals surface area contributed by atoms with E-state index in [1.54, 1.807) is 0 Å². The monoisotopic (exact) mass is 275 g/mol. The third-order valence-electron chi connectivity index (χ3n) is 3.82. The molecule has 110 valence electrons. The van der Waals surface area contributed by atoms with Crippen LogP contribution in [0.1, 0.15) is 50.2 Å². The molecule has 0 bridgehead atoms. The Bertz CT molecular complexity index is 524. The maximum atomic E-state index is 4.71. The highest BCUT2D eigenvalue weighted by molar-refractivity contribution is 5.10. The smallest absolute Gasteiger partial charge is 0.0947 e. The highest BCUT2D eigenvalue weighted by Gasteiger charge is 2.15. The summed E-state index contributed by atoms with van der Waals surface area (Å²) in [5.41, 5.74) is 2.17. The molecule has 2 aromatic rings. The fourth-order valence-corrected chi connectivity index (χ4v) is 2.53. The number of hydrogen-bond acceptors (Lipinski definition) is 3. The Balaban J connectivity index is 2.08. The summed E-state index contributed by atoms with van der Waals surface area (Å²) in [6.45, 7) is 4.42. The number of nitrogens with one attached hydrogen (secondary N) is 1. The Labute approximate surface area is 121 Å². The van der Waals surface area contributed by atoms with E-state index in [0.29, 0.717) is 6.04 Å². The number of aromatic nitrogens is 4. The molecule has 2 aromatic heterocycles. The van der Waals surface area contributed by atoms with E-state index in [0.717, 1.165) is 30.7 Å². The molecule has 0 saturated carbocycles. The van der Waals surface area contributed by atoms with Crippen molar-refractivity contribution >= 4 is 0 Å². The van der Waals surface area contributed by atoms with E-state index in [-0.39, 0.29) is 6.04 Å². The molecular weight excluding hydrogens is 250 g/mol. The van der Waals surface area contributed by atoms with Crippen LogP contribution in [0.15, 0.2) is 24.8 Å². The van der Waals surface area contributed by atoms with Crippen molar-refractivity contribution in [3.63, 3.8) is 0 Å². The summed E-state index contributed by atoms with van der Waals surface area (Å²) < 4.78 is 4.07. The van der Waals surface area contributed by atoms with Crippen molar-refractivity contribution in [2.24, 2.45) is 7.05 Å². The van der Waals surface area contributed by atoms with Crippen LogP contribution in [0, 0.1) is 0 Å². The number of likely N-dealkylation sites (N-methyl/N-ethyl adjacent to an activating group) is 1. The molecule has 20 heavy (non-hydrogen) atoms. The lowest BCUT2D eigenvalue weighted by Crippen LogP contribution is -2.19. The second-order valence-electron chi connectivity index (χ2n) is 5.27. The minimum atomic E-state index is 0.209. The van der Waals surface area contributed by atoms with Crippen LogP contribution in [-0.2, 0) is 13.5 Å². The van der Waals surface area contributed by atoms with Crippen LogP contribution >= 0.6 is 0 Å². The number of hydrogen-bond donors (Lipinski definition) is 1. The van der Waals surface area contributed by atoms with Crippen molar-refractivity contribution in [2.45, 2.75) is 45.2 Å². The first-order chi connectivity index (χ1) is 9.67. The molecule has 1 N–H and O–H groups in total. The second kappa shape index (κ2) is 6.70. The summed E-state index contributed by atoms with van der Waals surface area (Å²) in [5, 5.41) is 8.04. The molecule has 0 radical (unpaired) electrons. The van der Waals surface area contributed by atoms with E-state index in [1.807, 2.05) is 25.0 Å². The molecular formula is C15H25N5. The molecule has 0 aliphatic rings. The first kappa shape index (κ1) is 14.8. The van der Waals surface area contributed by atoms with E-state index >= 15 is 0 Å². The third-order valence-corrected chi connectivity index (χ3v) is 3.82. The number of imidazole rings is 1. The Morgan fingerprint density at radius 2 is 2.05 bits per heavy atom. The molecule has 2 rings (SSSR count). The molecule has 0 fully saturated rings. The minimum absolute atomic E-state index is 0.209. The number of nitrogens with zero attached hydrogens (tertiary/aromatic N) is 4. The SMILES string of the molecule is CCC(CC)n1ccc(CC(NC)c2cn(C)cn2)n1. The van der Waals surface area contributed by atoms with Gasteiger partial charge in [-0.15, -0.1) is 0 Å². The highest BCUT2D eigenvalue weighted by Crippen LogP contribution is 2.18. The Morgan fingerprint density at radius 3 is 2.60 bits per heavy atom. The predicted octanol–water partition coefficient (Wildman–Crippen LogP) is 2.48. The first-order valence-electron chi connectivity index (χ1n) is 7.37. The average molecular weight is 275 g/mol. The van der Waals surface area contributed by atoms with Crippen molar-refractivity contribution in [3.05, 3.63) is 36.2 Å². The summed E-state index contributed by atoms with van der Waals surface area (Å²) in [6, 6.07) is 2.83. The molecule has 0 amide bonds. The van der Waals surface area contributed by atoms with Gasteiger partial charge in [-0.1, -0.05) is 13.8 Å². The standard InChI is InChI=1S/C15H25N5/c1-5-13(6-2)20-8-7-12(18-20)9-14(16-3)15-10-19(4)11-17-15/h7-8,10-11,13-14,16H,5-6,9H2,1-4H3. The van der Waals surface area contributed by atoms with Gasteiger partial charge in [-0.2, -0.15) is 5.10 Å². The van der Waals surface area contributed by atoms with E-state index in [1.165, 1.54) is 0 Å². The summed E-state index contributed by atoms with van der Waals surface area (Å²) in [7, 11) is 3.96. The van der Waals surface area contributed by atoms with Crippen molar-refractivity contribution in [2.75, 3.05) is 7.05 Å². The van der Waals surface area contributed by atoms with Gasteiger partial charge in [-0.05, 0) is 26.0 Å². The van der Waals surface area contributed by atoms with Crippen molar-refractivity contribution in [1.29, 1.82) is 0 Å². The molecule has 0 aliphatic carbocycles. The van der Waals surface area contributed by atoms with Crippen LogP contribution in [0.25, 0.3) is 0 Å². The zero-order valence-corrected chi connectivity index (χ0v) is 12.9. The quantitative estimate of drug-likeness (QED) is 0.844. The Morgan fingerprint density at radius 1 is 1.30 bits per heavy atom. The maximum absolute atomic E-state index is 4.71. The summed E-state index contributed by atoms with van der Waals surface area (Å²) >= 11 is 0.